The molecule has 0 saturated heterocycles. The van der Waals surface area contributed by atoms with E-state index in [9.17, 15) is 5.11 Å². The van der Waals surface area contributed by atoms with Crippen LogP contribution in [0.5, 0.6) is 5.75 Å². The highest BCUT2D eigenvalue weighted by Crippen LogP contribution is 2.30. The topological polar surface area (TPSA) is 20.2 Å². The van der Waals surface area contributed by atoms with E-state index < -0.39 is 0 Å². The zero-order valence-corrected chi connectivity index (χ0v) is 8.53. The summed E-state index contributed by atoms with van der Waals surface area (Å²) in [5, 5.41) is 9.38. The van der Waals surface area contributed by atoms with Crippen LogP contribution in [0.2, 0.25) is 0 Å². The largest absolute Gasteiger partial charge is 0.508 e. The molecule has 0 heterocycles. The average Bonchev–Trinajstić information content (AvgIpc) is 2.18. The van der Waals surface area contributed by atoms with Crippen LogP contribution in [0.4, 0.5) is 0 Å². The third kappa shape index (κ3) is 1.98. The lowest BCUT2D eigenvalue weighted by atomic mass is 9.88. The molecule has 1 aromatic rings. The van der Waals surface area contributed by atoms with Gasteiger partial charge in [0.1, 0.15) is 5.75 Å². The van der Waals surface area contributed by atoms with Crippen LogP contribution in [-0.2, 0) is 0 Å². The molecule has 2 rings (SSSR count). The van der Waals surface area contributed by atoms with Crippen LogP contribution in [0, 0.1) is 5.92 Å². The van der Waals surface area contributed by atoms with Gasteiger partial charge in [0.15, 0.2) is 0 Å². The van der Waals surface area contributed by atoms with Crippen LogP contribution in [0.15, 0.2) is 30.3 Å². The monoisotopic (exact) mass is 188 g/mol. The van der Waals surface area contributed by atoms with Gasteiger partial charge >= 0.3 is 0 Å². The van der Waals surface area contributed by atoms with E-state index in [1.807, 2.05) is 12.1 Å². The lowest BCUT2D eigenvalue weighted by Gasteiger charge is -2.17. The van der Waals surface area contributed by atoms with Crippen molar-refractivity contribution in [1.82, 2.24) is 0 Å². The molecule has 1 unspecified atom stereocenters. The zero-order chi connectivity index (χ0) is 9.97. The third-order valence-electron chi connectivity index (χ3n) is 2.81. The van der Waals surface area contributed by atoms with Gasteiger partial charge in [-0.1, -0.05) is 25.1 Å². The summed E-state index contributed by atoms with van der Waals surface area (Å²) in [4.78, 5) is 0. The molecule has 1 nitrogen and oxygen atoms in total. The molecule has 1 aliphatic rings. The van der Waals surface area contributed by atoms with Gasteiger partial charge in [-0.25, -0.2) is 0 Å². The number of hydrogen-bond donors (Lipinski definition) is 1. The lowest BCUT2D eigenvalue weighted by molar-refractivity contribution is 0.475. The van der Waals surface area contributed by atoms with Gasteiger partial charge in [0.05, 0.1) is 0 Å². The van der Waals surface area contributed by atoms with E-state index in [2.05, 4.69) is 19.1 Å². The number of allylic oxidation sites excluding steroid dienone is 2. The molecule has 74 valence electrons. The van der Waals surface area contributed by atoms with Crippen molar-refractivity contribution in [2.24, 2.45) is 5.92 Å². The van der Waals surface area contributed by atoms with Gasteiger partial charge < -0.3 is 5.11 Å². The standard InChI is InChI=1S/C13H16O/c1-10-4-2-5-11(8-10)12-6-3-7-13(14)9-12/h3,6-10,14H,2,4-5H2,1H3. The second kappa shape index (κ2) is 3.87. The molecule has 14 heavy (non-hydrogen) atoms. The molecule has 0 fully saturated rings. The second-order valence-electron chi connectivity index (χ2n) is 4.11. The van der Waals surface area contributed by atoms with Gasteiger partial charge in [0.2, 0.25) is 0 Å². The molecule has 0 amide bonds. The van der Waals surface area contributed by atoms with E-state index in [1.165, 1.54) is 24.0 Å². The number of rotatable bonds is 1. The van der Waals surface area contributed by atoms with Crippen molar-refractivity contribution in [3.8, 4) is 5.75 Å². The lowest BCUT2D eigenvalue weighted by Crippen LogP contribution is -1.99. The number of hydrogen-bond acceptors (Lipinski definition) is 1. The molecule has 1 heteroatoms. The average molecular weight is 188 g/mol. The maximum Gasteiger partial charge on any atom is 0.116 e. The molecule has 0 radical (unpaired) electrons. The van der Waals surface area contributed by atoms with E-state index in [0.717, 1.165) is 6.42 Å². The Balaban J connectivity index is 2.30. The summed E-state index contributed by atoms with van der Waals surface area (Å²) in [6, 6.07) is 7.55. The Labute approximate surface area is 85.1 Å². The fourth-order valence-electron chi connectivity index (χ4n) is 2.07. The van der Waals surface area contributed by atoms with Crippen LogP contribution in [0.1, 0.15) is 31.7 Å². The van der Waals surface area contributed by atoms with Gasteiger partial charge in [-0.15, -0.1) is 0 Å². The smallest absolute Gasteiger partial charge is 0.116 e. The Kier molecular flexibility index (Phi) is 2.58. The fraction of sp³-hybridized carbons (Fsp3) is 0.385. The van der Waals surface area contributed by atoms with E-state index in [0.29, 0.717) is 11.7 Å². The predicted octanol–water partition coefficient (Wildman–Crippen LogP) is 3.60. The van der Waals surface area contributed by atoms with Crippen molar-refractivity contribution in [3.05, 3.63) is 35.9 Å². The number of phenols is 1. The molecule has 0 aliphatic heterocycles. The first-order valence-corrected chi connectivity index (χ1v) is 5.26. The zero-order valence-electron chi connectivity index (χ0n) is 8.53. The number of benzene rings is 1. The third-order valence-corrected chi connectivity index (χ3v) is 2.81. The Hall–Kier alpha value is -1.24. The minimum atomic E-state index is 0.363. The molecule has 1 aliphatic carbocycles. The molecule has 1 aromatic carbocycles. The molecule has 0 bridgehead atoms. The molecular formula is C13H16O. The van der Waals surface area contributed by atoms with E-state index in [1.54, 1.807) is 6.07 Å². The van der Waals surface area contributed by atoms with E-state index in [4.69, 9.17) is 0 Å². The highest BCUT2D eigenvalue weighted by atomic mass is 16.3. The fourth-order valence-corrected chi connectivity index (χ4v) is 2.07. The minimum Gasteiger partial charge on any atom is -0.508 e. The van der Waals surface area contributed by atoms with Crippen molar-refractivity contribution in [3.63, 3.8) is 0 Å². The van der Waals surface area contributed by atoms with Gasteiger partial charge in [-0.2, -0.15) is 0 Å². The summed E-state index contributed by atoms with van der Waals surface area (Å²) in [6.07, 6.45) is 6.04. The Morgan fingerprint density at radius 2 is 2.21 bits per heavy atom. The quantitative estimate of drug-likeness (QED) is 0.714. The first kappa shape index (κ1) is 9.32. The van der Waals surface area contributed by atoms with Crippen LogP contribution in [0.25, 0.3) is 5.57 Å². The van der Waals surface area contributed by atoms with Crippen LogP contribution in [-0.4, -0.2) is 5.11 Å². The normalized spacial score (nSPS) is 21.8. The SMILES string of the molecule is CC1C=C(c2cccc(O)c2)CCC1. The Morgan fingerprint density at radius 1 is 1.36 bits per heavy atom. The molecule has 1 atom stereocenters. The summed E-state index contributed by atoms with van der Waals surface area (Å²) < 4.78 is 0. The summed E-state index contributed by atoms with van der Waals surface area (Å²) in [5.74, 6) is 1.04. The highest BCUT2D eigenvalue weighted by Gasteiger charge is 2.10. The van der Waals surface area contributed by atoms with Crippen molar-refractivity contribution in [1.29, 1.82) is 0 Å². The number of phenolic OH excluding ortho intramolecular Hbond substituents is 1. The molecular weight excluding hydrogens is 172 g/mol. The summed E-state index contributed by atoms with van der Waals surface area (Å²) >= 11 is 0. The maximum absolute atomic E-state index is 9.38. The van der Waals surface area contributed by atoms with Crippen LogP contribution >= 0.6 is 0 Å². The first-order chi connectivity index (χ1) is 6.75. The van der Waals surface area contributed by atoms with E-state index >= 15 is 0 Å². The van der Waals surface area contributed by atoms with Crippen molar-refractivity contribution >= 4 is 5.57 Å². The molecule has 0 saturated carbocycles. The van der Waals surface area contributed by atoms with Gasteiger partial charge in [0, 0.05) is 0 Å². The summed E-state index contributed by atoms with van der Waals surface area (Å²) in [7, 11) is 0. The Morgan fingerprint density at radius 3 is 2.93 bits per heavy atom. The second-order valence-corrected chi connectivity index (χ2v) is 4.11. The molecule has 0 spiro atoms. The maximum atomic E-state index is 9.38. The van der Waals surface area contributed by atoms with Crippen LogP contribution < -0.4 is 0 Å². The van der Waals surface area contributed by atoms with Crippen LogP contribution in [0.3, 0.4) is 0 Å². The first-order valence-electron chi connectivity index (χ1n) is 5.26. The Bertz CT molecular complexity index is 352. The summed E-state index contributed by atoms with van der Waals surface area (Å²) in [6.45, 7) is 2.25. The van der Waals surface area contributed by atoms with Crippen molar-refractivity contribution < 1.29 is 5.11 Å². The predicted molar refractivity (Wildman–Crippen MR) is 59.1 cm³/mol. The molecule has 1 N–H and O–H groups in total. The minimum absolute atomic E-state index is 0.363. The van der Waals surface area contributed by atoms with Crippen molar-refractivity contribution in [2.45, 2.75) is 26.2 Å². The number of aromatic hydroxyl groups is 1. The summed E-state index contributed by atoms with van der Waals surface area (Å²) in [5.41, 5.74) is 2.57. The van der Waals surface area contributed by atoms with E-state index in [-0.39, 0.29) is 0 Å². The van der Waals surface area contributed by atoms with Gasteiger partial charge in [-0.3, -0.25) is 0 Å². The van der Waals surface area contributed by atoms with Gasteiger partial charge in [0.25, 0.3) is 0 Å². The highest BCUT2D eigenvalue weighted by molar-refractivity contribution is 5.67. The van der Waals surface area contributed by atoms with Gasteiger partial charge in [-0.05, 0) is 48.4 Å². The molecule has 0 aromatic heterocycles. The van der Waals surface area contributed by atoms with Crippen molar-refractivity contribution in [2.75, 3.05) is 0 Å².